The van der Waals surface area contributed by atoms with Gasteiger partial charge in [0.15, 0.2) is 0 Å². The molecule has 1 aromatic carbocycles. The lowest BCUT2D eigenvalue weighted by molar-refractivity contribution is -0.126. The Morgan fingerprint density at radius 2 is 2.00 bits per heavy atom. The fourth-order valence-corrected chi connectivity index (χ4v) is 2.77. The first kappa shape index (κ1) is 13.3. The quantitative estimate of drug-likeness (QED) is 0.761. The van der Waals surface area contributed by atoms with Crippen molar-refractivity contribution < 1.29 is 4.79 Å². The van der Waals surface area contributed by atoms with E-state index in [2.05, 4.69) is 35.0 Å². The number of carbonyl (C=O) groups excluding carboxylic acids is 1. The van der Waals surface area contributed by atoms with Gasteiger partial charge in [-0.3, -0.25) is 4.79 Å². The lowest BCUT2D eigenvalue weighted by atomic mass is 10.1. The Hall–Kier alpha value is -1.09. The largest absolute Gasteiger partial charge is 0.339 e. The number of nitrogens with zero attached hydrogens (tertiary/aromatic N) is 1. The number of aryl methyl sites for hydroxylation is 1. The normalized spacial score (nSPS) is 16.2. The van der Waals surface area contributed by atoms with Gasteiger partial charge in [0.25, 0.3) is 0 Å². The summed E-state index contributed by atoms with van der Waals surface area (Å²) < 4.78 is 1.03. The molecular formula is C15H18BrNO. The Morgan fingerprint density at radius 3 is 2.67 bits per heavy atom. The number of carbonyl (C=O) groups is 1. The summed E-state index contributed by atoms with van der Waals surface area (Å²) in [4.78, 5) is 13.9. The van der Waals surface area contributed by atoms with Crippen molar-refractivity contribution in [3.63, 3.8) is 0 Å². The van der Waals surface area contributed by atoms with Gasteiger partial charge in [-0.15, -0.1) is 0 Å². The molecule has 1 aliphatic heterocycles. The Kier molecular flexibility index (Phi) is 4.59. The molecule has 0 aliphatic carbocycles. The summed E-state index contributed by atoms with van der Waals surface area (Å²) in [7, 11) is 0. The molecule has 0 radical (unpaired) electrons. The summed E-state index contributed by atoms with van der Waals surface area (Å²) in [6.07, 6.45) is 7.08. The zero-order chi connectivity index (χ0) is 13.0. The molecule has 1 heterocycles. The zero-order valence-corrected chi connectivity index (χ0v) is 12.2. The van der Waals surface area contributed by atoms with Crippen LogP contribution in [0.3, 0.4) is 0 Å². The minimum absolute atomic E-state index is 0.127. The molecule has 18 heavy (non-hydrogen) atoms. The maximum absolute atomic E-state index is 12.0. The maximum Gasteiger partial charge on any atom is 0.246 e. The molecule has 0 saturated carbocycles. The van der Waals surface area contributed by atoms with Crippen LogP contribution < -0.4 is 0 Å². The van der Waals surface area contributed by atoms with Crippen LogP contribution in [0, 0.1) is 6.92 Å². The molecule has 1 aliphatic rings. The van der Waals surface area contributed by atoms with Crippen molar-refractivity contribution in [1.82, 2.24) is 4.90 Å². The van der Waals surface area contributed by atoms with E-state index in [4.69, 9.17) is 0 Å². The third-order valence-electron chi connectivity index (χ3n) is 3.23. The molecule has 2 nitrogen and oxygen atoms in total. The summed E-state index contributed by atoms with van der Waals surface area (Å²) >= 11 is 3.52. The SMILES string of the molecule is Cc1ccc(C=CC(=O)N2CCCCC2)c(Br)c1. The van der Waals surface area contributed by atoms with Crippen molar-refractivity contribution in [3.8, 4) is 0 Å². The van der Waals surface area contributed by atoms with Gasteiger partial charge in [-0.05, 0) is 49.5 Å². The van der Waals surface area contributed by atoms with Gasteiger partial charge in [0.05, 0.1) is 0 Å². The molecule has 1 saturated heterocycles. The monoisotopic (exact) mass is 307 g/mol. The number of benzene rings is 1. The number of hydrogen-bond donors (Lipinski definition) is 0. The number of rotatable bonds is 2. The summed E-state index contributed by atoms with van der Waals surface area (Å²) in [6, 6.07) is 6.14. The second kappa shape index (κ2) is 6.19. The van der Waals surface area contributed by atoms with Gasteiger partial charge >= 0.3 is 0 Å². The van der Waals surface area contributed by atoms with Crippen LogP contribution in [0.5, 0.6) is 0 Å². The minimum atomic E-state index is 0.127. The molecule has 1 aromatic rings. The predicted molar refractivity (Wildman–Crippen MR) is 78.3 cm³/mol. The molecule has 0 aromatic heterocycles. The van der Waals surface area contributed by atoms with Crippen LogP contribution in [0.15, 0.2) is 28.7 Å². The third kappa shape index (κ3) is 3.45. The first-order valence-corrected chi connectivity index (χ1v) is 7.19. The van der Waals surface area contributed by atoms with Gasteiger partial charge in [-0.2, -0.15) is 0 Å². The van der Waals surface area contributed by atoms with Gasteiger partial charge < -0.3 is 4.90 Å². The van der Waals surface area contributed by atoms with Crippen LogP contribution in [-0.4, -0.2) is 23.9 Å². The summed E-state index contributed by atoms with van der Waals surface area (Å²) in [5.74, 6) is 0.127. The molecule has 0 atom stereocenters. The number of halogens is 1. The van der Waals surface area contributed by atoms with Crippen LogP contribution in [0.25, 0.3) is 6.08 Å². The topological polar surface area (TPSA) is 20.3 Å². The highest BCUT2D eigenvalue weighted by molar-refractivity contribution is 9.10. The molecule has 3 heteroatoms. The van der Waals surface area contributed by atoms with Crippen molar-refractivity contribution in [2.45, 2.75) is 26.2 Å². The molecule has 0 unspecified atom stereocenters. The predicted octanol–water partition coefficient (Wildman–Crippen LogP) is 3.78. The van der Waals surface area contributed by atoms with Crippen LogP contribution in [0.4, 0.5) is 0 Å². The van der Waals surface area contributed by atoms with Crippen molar-refractivity contribution in [3.05, 3.63) is 39.9 Å². The highest BCUT2D eigenvalue weighted by atomic mass is 79.9. The van der Waals surface area contributed by atoms with Crippen LogP contribution in [0.1, 0.15) is 30.4 Å². The Morgan fingerprint density at radius 1 is 1.28 bits per heavy atom. The van der Waals surface area contributed by atoms with Gasteiger partial charge in [-0.1, -0.05) is 28.1 Å². The van der Waals surface area contributed by atoms with Gasteiger partial charge in [0, 0.05) is 23.6 Å². The lowest BCUT2D eigenvalue weighted by Gasteiger charge is -2.25. The van der Waals surface area contributed by atoms with Gasteiger partial charge in [-0.25, -0.2) is 0 Å². The molecular weight excluding hydrogens is 290 g/mol. The second-order valence-electron chi connectivity index (χ2n) is 4.74. The average Bonchev–Trinajstić information content (AvgIpc) is 2.38. The first-order valence-electron chi connectivity index (χ1n) is 6.40. The standard InChI is InChI=1S/C15H18BrNO/c1-12-5-6-13(14(16)11-12)7-8-15(18)17-9-3-2-4-10-17/h5-8,11H,2-4,9-10H2,1H3. The van der Waals surface area contributed by atoms with E-state index in [-0.39, 0.29) is 5.91 Å². The Labute approximate surface area is 117 Å². The van der Waals surface area contributed by atoms with E-state index < -0.39 is 0 Å². The Balaban J connectivity index is 2.03. The van der Waals surface area contributed by atoms with Crippen LogP contribution >= 0.6 is 15.9 Å². The van der Waals surface area contributed by atoms with E-state index in [0.717, 1.165) is 36.0 Å². The lowest BCUT2D eigenvalue weighted by Crippen LogP contribution is -2.34. The van der Waals surface area contributed by atoms with E-state index in [0.29, 0.717) is 0 Å². The molecule has 96 valence electrons. The number of piperidine rings is 1. The number of hydrogen-bond acceptors (Lipinski definition) is 1. The molecule has 2 rings (SSSR count). The van der Waals surface area contributed by atoms with Gasteiger partial charge in [0.2, 0.25) is 5.91 Å². The zero-order valence-electron chi connectivity index (χ0n) is 10.7. The van der Waals surface area contributed by atoms with Crippen LogP contribution in [0.2, 0.25) is 0 Å². The van der Waals surface area contributed by atoms with E-state index in [9.17, 15) is 4.79 Å². The van der Waals surface area contributed by atoms with Crippen molar-refractivity contribution in [2.75, 3.05) is 13.1 Å². The first-order chi connectivity index (χ1) is 8.66. The second-order valence-corrected chi connectivity index (χ2v) is 5.60. The summed E-state index contributed by atoms with van der Waals surface area (Å²) in [5.41, 5.74) is 2.26. The van der Waals surface area contributed by atoms with Crippen molar-refractivity contribution in [2.24, 2.45) is 0 Å². The van der Waals surface area contributed by atoms with E-state index in [1.807, 2.05) is 17.0 Å². The fraction of sp³-hybridized carbons (Fsp3) is 0.400. The van der Waals surface area contributed by atoms with E-state index >= 15 is 0 Å². The van der Waals surface area contributed by atoms with Crippen LogP contribution in [-0.2, 0) is 4.79 Å². The molecule has 1 fully saturated rings. The highest BCUT2D eigenvalue weighted by Gasteiger charge is 2.13. The fourth-order valence-electron chi connectivity index (χ4n) is 2.15. The minimum Gasteiger partial charge on any atom is -0.339 e. The highest BCUT2D eigenvalue weighted by Crippen LogP contribution is 2.20. The molecule has 0 N–H and O–H groups in total. The van der Waals surface area contributed by atoms with Gasteiger partial charge in [0.1, 0.15) is 0 Å². The summed E-state index contributed by atoms with van der Waals surface area (Å²) in [5, 5.41) is 0. The maximum atomic E-state index is 12.0. The third-order valence-corrected chi connectivity index (χ3v) is 3.92. The molecule has 0 spiro atoms. The molecule has 1 amide bonds. The van der Waals surface area contributed by atoms with Crippen molar-refractivity contribution >= 4 is 27.9 Å². The van der Waals surface area contributed by atoms with E-state index in [1.54, 1.807) is 6.08 Å². The average molecular weight is 308 g/mol. The molecule has 0 bridgehead atoms. The van der Waals surface area contributed by atoms with Crippen molar-refractivity contribution in [1.29, 1.82) is 0 Å². The number of amides is 1. The Bertz CT molecular complexity index is 462. The summed E-state index contributed by atoms with van der Waals surface area (Å²) in [6.45, 7) is 3.85. The number of likely N-dealkylation sites (tertiary alicyclic amines) is 1. The van der Waals surface area contributed by atoms with E-state index in [1.165, 1.54) is 12.0 Å². The smallest absolute Gasteiger partial charge is 0.246 e.